The summed E-state index contributed by atoms with van der Waals surface area (Å²) >= 11 is 0. The maximum absolute atomic E-state index is 11.6. The first-order valence-corrected chi connectivity index (χ1v) is 12.5. The van der Waals surface area contributed by atoms with Gasteiger partial charge in [0.15, 0.2) is 0 Å². The Morgan fingerprint density at radius 2 is 1.72 bits per heavy atom. The van der Waals surface area contributed by atoms with Crippen LogP contribution in [0, 0.1) is 11.3 Å². The van der Waals surface area contributed by atoms with Gasteiger partial charge < -0.3 is 9.64 Å². The molecule has 0 amide bonds. The maximum atomic E-state index is 11.6. The van der Waals surface area contributed by atoms with Gasteiger partial charge in [-0.1, -0.05) is 39.0 Å². The molecule has 0 bridgehead atoms. The molecule has 6 heteroatoms. The van der Waals surface area contributed by atoms with E-state index in [9.17, 15) is 8.42 Å². The average molecular weight is 421 g/mol. The summed E-state index contributed by atoms with van der Waals surface area (Å²) in [6.07, 6.45) is 6.45. The predicted molar refractivity (Wildman–Crippen MR) is 120 cm³/mol. The molecule has 0 aliphatic carbocycles. The normalized spacial score (nSPS) is 20.5. The van der Waals surface area contributed by atoms with Crippen LogP contribution >= 0.6 is 0 Å². The Morgan fingerprint density at radius 1 is 1.07 bits per heavy atom. The number of sulfonamides is 1. The molecular weight excluding hydrogens is 384 g/mol. The Balaban J connectivity index is 1.45. The van der Waals surface area contributed by atoms with Gasteiger partial charge in [-0.15, -0.1) is 0 Å². The van der Waals surface area contributed by atoms with E-state index < -0.39 is 10.0 Å². The van der Waals surface area contributed by atoms with Crippen molar-refractivity contribution in [3.05, 3.63) is 35.9 Å². The molecule has 1 aromatic rings. The number of nitrogens with zero attached hydrogens (tertiary/aromatic N) is 2. The second-order valence-corrected chi connectivity index (χ2v) is 11.7. The van der Waals surface area contributed by atoms with Gasteiger partial charge in [-0.25, -0.2) is 8.42 Å². The molecule has 0 saturated carbocycles. The highest BCUT2D eigenvalue weighted by atomic mass is 32.2. The second kappa shape index (κ2) is 9.19. The summed E-state index contributed by atoms with van der Waals surface area (Å²) < 4.78 is 30.8. The van der Waals surface area contributed by atoms with E-state index in [4.69, 9.17) is 4.74 Å². The van der Waals surface area contributed by atoms with Crippen molar-refractivity contribution in [2.75, 3.05) is 45.6 Å². The second-order valence-electron chi connectivity index (χ2n) is 9.72. The molecule has 1 saturated heterocycles. The molecule has 0 N–H and O–H groups in total. The standard InChI is InChI=1S/C23H36N2O3S/c1-23(2,3)18-24-13-9-19(10-14-24)17-28-22-7-5-20(6-8-22)21-11-15-25(16-12-21)29(4,26)27/h5-8,11,19H,9-10,12-18H2,1-4H3. The molecule has 0 spiro atoms. The van der Waals surface area contributed by atoms with Crippen molar-refractivity contribution in [2.24, 2.45) is 11.3 Å². The quantitative estimate of drug-likeness (QED) is 0.701. The molecule has 1 aromatic carbocycles. The van der Waals surface area contributed by atoms with Crippen LogP contribution in [-0.2, 0) is 10.0 Å². The van der Waals surface area contributed by atoms with E-state index in [1.54, 1.807) is 0 Å². The molecule has 29 heavy (non-hydrogen) atoms. The van der Waals surface area contributed by atoms with E-state index in [1.807, 2.05) is 18.2 Å². The van der Waals surface area contributed by atoms with Crippen molar-refractivity contribution in [1.82, 2.24) is 9.21 Å². The molecule has 5 nitrogen and oxygen atoms in total. The van der Waals surface area contributed by atoms with E-state index in [2.05, 4.69) is 37.8 Å². The lowest BCUT2D eigenvalue weighted by atomic mass is 9.92. The van der Waals surface area contributed by atoms with Gasteiger partial charge in [0, 0.05) is 19.6 Å². The average Bonchev–Trinajstić information content (AvgIpc) is 2.66. The molecule has 0 radical (unpaired) electrons. The van der Waals surface area contributed by atoms with Gasteiger partial charge in [-0.3, -0.25) is 0 Å². The zero-order valence-corrected chi connectivity index (χ0v) is 19.2. The Morgan fingerprint density at radius 3 is 2.24 bits per heavy atom. The van der Waals surface area contributed by atoms with Crippen LogP contribution in [0.2, 0.25) is 0 Å². The van der Waals surface area contributed by atoms with E-state index in [-0.39, 0.29) is 0 Å². The highest BCUT2D eigenvalue weighted by Gasteiger charge is 2.23. The van der Waals surface area contributed by atoms with Crippen molar-refractivity contribution in [3.8, 4) is 5.75 Å². The summed E-state index contributed by atoms with van der Waals surface area (Å²) in [5, 5.41) is 0. The van der Waals surface area contributed by atoms with Crippen molar-refractivity contribution in [1.29, 1.82) is 0 Å². The van der Waals surface area contributed by atoms with E-state index in [1.165, 1.54) is 48.6 Å². The molecule has 0 atom stereocenters. The summed E-state index contributed by atoms with van der Waals surface area (Å²) in [6, 6.07) is 8.24. The van der Waals surface area contributed by atoms with Crippen LogP contribution in [0.5, 0.6) is 5.75 Å². The number of hydrogen-bond acceptors (Lipinski definition) is 4. The Hall–Kier alpha value is -1.37. The van der Waals surface area contributed by atoms with Crippen molar-refractivity contribution in [3.63, 3.8) is 0 Å². The molecule has 3 rings (SSSR count). The van der Waals surface area contributed by atoms with Crippen molar-refractivity contribution >= 4 is 15.6 Å². The third-order valence-corrected chi connectivity index (χ3v) is 7.03. The van der Waals surface area contributed by atoms with Crippen LogP contribution in [0.1, 0.15) is 45.6 Å². The minimum Gasteiger partial charge on any atom is -0.493 e. The van der Waals surface area contributed by atoms with E-state index >= 15 is 0 Å². The number of likely N-dealkylation sites (tertiary alicyclic amines) is 1. The molecule has 2 aliphatic rings. The predicted octanol–water partition coefficient (Wildman–Crippen LogP) is 3.87. The van der Waals surface area contributed by atoms with Crippen molar-refractivity contribution in [2.45, 2.75) is 40.0 Å². The van der Waals surface area contributed by atoms with Gasteiger partial charge >= 0.3 is 0 Å². The molecule has 162 valence electrons. The van der Waals surface area contributed by atoms with E-state index in [0.717, 1.165) is 24.3 Å². The van der Waals surface area contributed by atoms with Crippen LogP contribution in [0.3, 0.4) is 0 Å². The fourth-order valence-corrected chi connectivity index (χ4v) is 4.94. The largest absolute Gasteiger partial charge is 0.493 e. The summed E-state index contributed by atoms with van der Waals surface area (Å²) in [5.41, 5.74) is 2.73. The first-order valence-electron chi connectivity index (χ1n) is 10.7. The summed E-state index contributed by atoms with van der Waals surface area (Å²) in [6.45, 7) is 12.2. The van der Waals surface area contributed by atoms with Gasteiger partial charge in [0.05, 0.1) is 12.9 Å². The molecule has 0 unspecified atom stereocenters. The minimum absolute atomic E-state index is 0.363. The smallest absolute Gasteiger partial charge is 0.211 e. The summed E-state index contributed by atoms with van der Waals surface area (Å²) in [4.78, 5) is 2.58. The molecule has 2 heterocycles. The van der Waals surface area contributed by atoms with Gasteiger partial charge in [0.25, 0.3) is 0 Å². The van der Waals surface area contributed by atoms with Crippen LogP contribution in [0.4, 0.5) is 0 Å². The third-order valence-electron chi connectivity index (χ3n) is 5.76. The van der Waals surface area contributed by atoms with Gasteiger partial charge in [-0.05, 0) is 67.0 Å². The SMILES string of the molecule is CC(C)(C)CN1CCC(COc2ccc(C3=CCN(S(C)(=O)=O)CC3)cc2)CC1. The lowest BCUT2D eigenvalue weighted by Gasteiger charge is -2.35. The maximum Gasteiger partial charge on any atom is 0.211 e. The molecule has 0 aromatic heterocycles. The summed E-state index contributed by atoms with van der Waals surface area (Å²) in [7, 11) is -3.10. The van der Waals surface area contributed by atoms with Gasteiger partial charge in [0.1, 0.15) is 5.75 Å². The van der Waals surface area contributed by atoms with Crippen LogP contribution in [0.25, 0.3) is 5.57 Å². The first-order chi connectivity index (χ1) is 13.6. The summed E-state index contributed by atoms with van der Waals surface area (Å²) in [5.74, 6) is 1.55. The highest BCUT2D eigenvalue weighted by Crippen LogP contribution is 2.26. The highest BCUT2D eigenvalue weighted by molar-refractivity contribution is 7.88. The number of benzene rings is 1. The number of ether oxygens (including phenoxy) is 1. The lowest BCUT2D eigenvalue weighted by molar-refractivity contribution is 0.112. The molecule has 2 aliphatic heterocycles. The lowest BCUT2D eigenvalue weighted by Crippen LogP contribution is -2.40. The van der Waals surface area contributed by atoms with Crippen molar-refractivity contribution < 1.29 is 13.2 Å². The minimum atomic E-state index is -3.10. The topological polar surface area (TPSA) is 49.9 Å². The Labute approximate surface area is 176 Å². The zero-order chi connectivity index (χ0) is 21.1. The number of hydrogen-bond donors (Lipinski definition) is 0. The fourth-order valence-electron chi connectivity index (χ4n) is 4.18. The molecular formula is C23H36N2O3S. The fraction of sp³-hybridized carbons (Fsp3) is 0.652. The monoisotopic (exact) mass is 420 g/mol. The van der Waals surface area contributed by atoms with Crippen LogP contribution in [0.15, 0.2) is 30.3 Å². The zero-order valence-electron chi connectivity index (χ0n) is 18.4. The first kappa shape index (κ1) is 22.3. The van der Waals surface area contributed by atoms with E-state index in [0.29, 0.717) is 24.4 Å². The third kappa shape index (κ3) is 6.83. The number of rotatable bonds is 6. The van der Waals surface area contributed by atoms with Crippen LogP contribution < -0.4 is 4.74 Å². The Kier molecular flexibility index (Phi) is 7.07. The van der Waals surface area contributed by atoms with Crippen LogP contribution in [-0.4, -0.2) is 63.2 Å². The van der Waals surface area contributed by atoms with Gasteiger partial charge in [-0.2, -0.15) is 4.31 Å². The Bertz CT molecular complexity index is 802. The van der Waals surface area contributed by atoms with Gasteiger partial charge in [0.2, 0.25) is 10.0 Å². The molecule has 1 fully saturated rings. The number of piperidine rings is 1.